The maximum atomic E-state index is 13.7. The summed E-state index contributed by atoms with van der Waals surface area (Å²) in [6.07, 6.45) is -0.508. The molecule has 5 heterocycles. The highest BCUT2D eigenvalue weighted by molar-refractivity contribution is 7.92. The van der Waals surface area contributed by atoms with Crippen molar-refractivity contribution in [1.29, 1.82) is 0 Å². The lowest BCUT2D eigenvalue weighted by molar-refractivity contribution is 0.0272. The summed E-state index contributed by atoms with van der Waals surface area (Å²) < 4.78 is 38.6. The molecule has 5 aliphatic rings. The van der Waals surface area contributed by atoms with Crippen molar-refractivity contribution in [2.24, 2.45) is 23.7 Å². The zero-order valence-electron chi connectivity index (χ0n) is 27.1. The van der Waals surface area contributed by atoms with Gasteiger partial charge in [0.05, 0.1) is 9.79 Å². The Bertz CT molecular complexity index is 1630. The smallest absolute Gasteiger partial charge is 0.410 e. The Hall–Kier alpha value is -3.47. The van der Waals surface area contributed by atoms with Crippen molar-refractivity contribution in [3.8, 4) is 11.1 Å². The predicted octanol–water partition coefficient (Wildman–Crippen LogP) is 5.11. The number of sulfone groups is 1. The first-order valence-corrected chi connectivity index (χ1v) is 17.5. The second kappa shape index (κ2) is 10.3. The van der Waals surface area contributed by atoms with Gasteiger partial charge in [-0.1, -0.05) is 6.07 Å². The van der Waals surface area contributed by atoms with E-state index in [0.29, 0.717) is 59.6 Å². The number of fused-ring (bicyclic) bond motifs is 5. The Morgan fingerprint density at radius 3 is 1.47 bits per heavy atom. The second-order valence-electron chi connectivity index (χ2n) is 15.5. The van der Waals surface area contributed by atoms with Gasteiger partial charge in [-0.25, -0.2) is 18.0 Å². The van der Waals surface area contributed by atoms with Crippen LogP contribution in [-0.2, 0) is 19.3 Å². The number of carbonyl (C=O) groups excluding carboxylic acids is 2. The Labute approximate surface area is 266 Å². The van der Waals surface area contributed by atoms with Gasteiger partial charge in [0, 0.05) is 98.5 Å². The number of amides is 2. The minimum atomic E-state index is -3.63. The number of ether oxygens (including phenoxy) is 2. The van der Waals surface area contributed by atoms with E-state index in [4.69, 9.17) is 9.47 Å². The molecule has 11 heteroatoms. The summed E-state index contributed by atoms with van der Waals surface area (Å²) in [7, 11) is -3.63. The highest BCUT2D eigenvalue weighted by Crippen LogP contribution is 2.47. The van der Waals surface area contributed by atoms with Crippen molar-refractivity contribution in [2.45, 2.75) is 62.5 Å². The summed E-state index contributed by atoms with van der Waals surface area (Å²) in [6, 6.07) is 11.5. The van der Waals surface area contributed by atoms with E-state index in [0.717, 1.165) is 48.7 Å². The van der Waals surface area contributed by atoms with Crippen LogP contribution in [0.2, 0.25) is 0 Å². The van der Waals surface area contributed by atoms with Gasteiger partial charge in [0.2, 0.25) is 9.84 Å². The van der Waals surface area contributed by atoms with Gasteiger partial charge in [-0.3, -0.25) is 0 Å². The van der Waals surface area contributed by atoms with Crippen LogP contribution in [0.4, 0.5) is 21.0 Å². The second-order valence-corrected chi connectivity index (χ2v) is 17.4. The van der Waals surface area contributed by atoms with Crippen LogP contribution in [-0.4, -0.2) is 94.0 Å². The van der Waals surface area contributed by atoms with Crippen molar-refractivity contribution in [1.82, 2.24) is 9.80 Å². The first kappa shape index (κ1) is 30.2. The van der Waals surface area contributed by atoms with Crippen LogP contribution in [0.1, 0.15) is 41.5 Å². The van der Waals surface area contributed by atoms with Crippen molar-refractivity contribution >= 4 is 33.4 Å². The van der Waals surface area contributed by atoms with Crippen LogP contribution in [0.15, 0.2) is 46.2 Å². The quantitative estimate of drug-likeness (QED) is 0.383. The molecule has 7 rings (SSSR count). The van der Waals surface area contributed by atoms with E-state index in [1.807, 2.05) is 81.7 Å². The third kappa shape index (κ3) is 5.51. The van der Waals surface area contributed by atoms with E-state index in [-0.39, 0.29) is 12.2 Å². The SMILES string of the molecule is CC(C)(C)OC(=O)N1CC2CN(c3ccc4c(c3)-c3ccc(N5CC6CN(C(=O)OC(C)(C)C)CC6C5)cc3S4(=O)=O)CC2C1. The van der Waals surface area contributed by atoms with Gasteiger partial charge >= 0.3 is 12.2 Å². The van der Waals surface area contributed by atoms with Gasteiger partial charge in [-0.2, -0.15) is 0 Å². The molecule has 5 aliphatic heterocycles. The van der Waals surface area contributed by atoms with Gasteiger partial charge in [0.15, 0.2) is 0 Å². The average Bonchev–Trinajstić information content (AvgIpc) is 3.72. The largest absolute Gasteiger partial charge is 0.444 e. The Balaban J connectivity index is 1.04. The fraction of sp³-hybridized carbons (Fsp3) is 0.588. The monoisotopic (exact) mass is 636 g/mol. The minimum Gasteiger partial charge on any atom is -0.444 e. The molecule has 0 saturated carbocycles. The molecule has 2 aromatic carbocycles. The average molecular weight is 637 g/mol. The molecular formula is C34H44N4O6S. The van der Waals surface area contributed by atoms with Gasteiger partial charge in [-0.05, 0) is 71.9 Å². The van der Waals surface area contributed by atoms with Crippen LogP contribution in [0.25, 0.3) is 11.1 Å². The van der Waals surface area contributed by atoms with Crippen LogP contribution >= 0.6 is 0 Å². The number of rotatable bonds is 2. The third-order valence-electron chi connectivity index (χ3n) is 9.80. The van der Waals surface area contributed by atoms with Crippen molar-refractivity contribution in [2.75, 3.05) is 62.2 Å². The molecule has 0 bridgehead atoms. The Kier molecular flexibility index (Phi) is 6.89. The van der Waals surface area contributed by atoms with E-state index in [1.165, 1.54) is 0 Å². The summed E-state index contributed by atoms with van der Waals surface area (Å²) >= 11 is 0. The first-order valence-electron chi connectivity index (χ1n) is 16.0. The molecule has 0 spiro atoms. The number of anilines is 2. The topological polar surface area (TPSA) is 99.7 Å². The predicted molar refractivity (Wildman–Crippen MR) is 171 cm³/mol. The minimum absolute atomic E-state index is 0.248. The van der Waals surface area contributed by atoms with Crippen LogP contribution < -0.4 is 9.80 Å². The van der Waals surface area contributed by atoms with Gasteiger partial charge in [0.25, 0.3) is 0 Å². The number of carbonyl (C=O) groups is 2. The van der Waals surface area contributed by atoms with Crippen LogP contribution in [0.5, 0.6) is 0 Å². The number of benzene rings is 2. The van der Waals surface area contributed by atoms with E-state index < -0.39 is 21.0 Å². The lowest BCUT2D eigenvalue weighted by Gasteiger charge is -2.26. The summed E-state index contributed by atoms with van der Waals surface area (Å²) in [5.41, 5.74) is 2.40. The van der Waals surface area contributed by atoms with E-state index in [2.05, 4.69) is 9.80 Å². The van der Waals surface area contributed by atoms with Gasteiger partial charge in [-0.15, -0.1) is 0 Å². The number of hydrogen-bond acceptors (Lipinski definition) is 8. The lowest BCUT2D eigenvalue weighted by Crippen LogP contribution is -2.37. The lowest BCUT2D eigenvalue weighted by atomic mass is 10.0. The normalized spacial score (nSPS) is 26.5. The third-order valence-corrected chi connectivity index (χ3v) is 11.7. The van der Waals surface area contributed by atoms with Crippen LogP contribution in [0.3, 0.4) is 0 Å². The maximum absolute atomic E-state index is 13.7. The molecule has 2 amide bonds. The molecule has 4 saturated heterocycles. The zero-order chi connectivity index (χ0) is 32.1. The summed E-state index contributed by atoms with van der Waals surface area (Å²) in [5.74, 6) is 1.39. The van der Waals surface area contributed by atoms with Crippen LogP contribution in [0, 0.1) is 23.7 Å². The van der Waals surface area contributed by atoms with Gasteiger partial charge in [0.1, 0.15) is 11.2 Å². The van der Waals surface area contributed by atoms with Crippen molar-refractivity contribution in [3.63, 3.8) is 0 Å². The molecule has 45 heavy (non-hydrogen) atoms. The fourth-order valence-electron chi connectivity index (χ4n) is 7.79. The molecule has 0 N–H and O–H groups in total. The zero-order valence-corrected chi connectivity index (χ0v) is 27.9. The molecule has 4 atom stereocenters. The van der Waals surface area contributed by atoms with Crippen molar-refractivity contribution < 1.29 is 27.5 Å². The Morgan fingerprint density at radius 2 is 1.02 bits per heavy atom. The van der Waals surface area contributed by atoms with Gasteiger partial charge < -0.3 is 29.1 Å². The van der Waals surface area contributed by atoms with E-state index >= 15 is 0 Å². The molecule has 242 valence electrons. The summed E-state index contributed by atoms with van der Waals surface area (Å²) in [4.78, 5) is 34.1. The highest BCUT2D eigenvalue weighted by Gasteiger charge is 2.45. The summed E-state index contributed by atoms with van der Waals surface area (Å²) in [5, 5.41) is 0. The summed E-state index contributed by atoms with van der Waals surface area (Å²) in [6.45, 7) is 17.2. The number of hydrogen-bond donors (Lipinski definition) is 0. The maximum Gasteiger partial charge on any atom is 0.410 e. The standard InChI is InChI=1S/C34H44N4O6S/c1-33(2,3)43-31(39)37-17-21-13-35(14-22(21)18-37)25-8-10-29-28(11-25)27-9-7-26(12-30(27)45(29,41)42)36-15-23-19-38(20-24(23)16-36)32(40)44-34(4,5)6/h7-12,21-24H,13-20H2,1-6H3. The highest BCUT2D eigenvalue weighted by atomic mass is 32.2. The molecule has 0 radical (unpaired) electrons. The van der Waals surface area contributed by atoms with E-state index in [1.54, 1.807) is 6.07 Å². The molecule has 4 fully saturated rings. The number of likely N-dealkylation sites (tertiary alicyclic amines) is 2. The first-order chi connectivity index (χ1) is 21.1. The molecule has 0 aliphatic carbocycles. The molecule has 10 nitrogen and oxygen atoms in total. The molecule has 4 unspecified atom stereocenters. The number of nitrogens with zero attached hydrogens (tertiary/aromatic N) is 4. The fourth-order valence-corrected chi connectivity index (χ4v) is 9.48. The molecule has 2 aromatic rings. The van der Waals surface area contributed by atoms with E-state index in [9.17, 15) is 18.0 Å². The van der Waals surface area contributed by atoms with Crippen molar-refractivity contribution in [3.05, 3.63) is 36.4 Å². The Morgan fingerprint density at radius 1 is 0.600 bits per heavy atom. The molecule has 0 aromatic heterocycles. The molecular weight excluding hydrogens is 592 g/mol.